The third kappa shape index (κ3) is 5.81. The van der Waals surface area contributed by atoms with Crippen LogP contribution in [0.5, 0.6) is 0 Å². The van der Waals surface area contributed by atoms with Crippen LogP contribution in [0.25, 0.3) is 11.4 Å². The van der Waals surface area contributed by atoms with E-state index in [2.05, 4.69) is 15.5 Å². The lowest BCUT2D eigenvalue weighted by Gasteiger charge is -2.14. The second-order valence-electron chi connectivity index (χ2n) is 6.57. The number of hydrogen-bond donors (Lipinski definition) is 1. The number of benzene rings is 2. The smallest absolute Gasteiger partial charge is 0.237 e. The molecule has 3 aromatic rings. The molecule has 1 aromatic heterocycles. The third-order valence-corrected chi connectivity index (χ3v) is 5.63. The summed E-state index contributed by atoms with van der Waals surface area (Å²) in [5.41, 5.74) is 1.30. The van der Waals surface area contributed by atoms with E-state index in [1.54, 1.807) is 38.3 Å². The van der Waals surface area contributed by atoms with Crippen LogP contribution in [0.1, 0.15) is 13.3 Å². The molecule has 0 unspecified atom stereocenters. The second-order valence-corrected chi connectivity index (χ2v) is 8.32. The zero-order chi connectivity index (χ0) is 21.5. The summed E-state index contributed by atoms with van der Waals surface area (Å²) in [4.78, 5) is 12.6. The Morgan fingerprint density at radius 2 is 2.03 bits per heavy atom. The first kappa shape index (κ1) is 22.3. The molecule has 2 aromatic carbocycles. The number of halogens is 2. The van der Waals surface area contributed by atoms with E-state index < -0.39 is 11.1 Å². The van der Waals surface area contributed by atoms with Gasteiger partial charge < -0.3 is 14.6 Å². The summed E-state index contributed by atoms with van der Waals surface area (Å²) in [7, 11) is 1.65. The number of anilines is 1. The van der Waals surface area contributed by atoms with Crippen molar-refractivity contribution in [2.75, 3.05) is 19.0 Å². The normalized spacial score (nSPS) is 12.0. The molecule has 1 heterocycles. The summed E-state index contributed by atoms with van der Waals surface area (Å²) in [6.45, 7) is 3.01. The molecule has 0 radical (unpaired) electrons. The molecule has 0 bridgehead atoms. The minimum atomic E-state index is -0.461. The van der Waals surface area contributed by atoms with Crippen molar-refractivity contribution in [1.29, 1.82) is 0 Å². The van der Waals surface area contributed by atoms with Gasteiger partial charge in [0.2, 0.25) is 5.91 Å². The lowest BCUT2D eigenvalue weighted by Crippen LogP contribution is -2.23. The van der Waals surface area contributed by atoms with E-state index in [0.717, 1.165) is 12.0 Å². The first-order valence-corrected chi connectivity index (χ1v) is 10.6. The summed E-state index contributed by atoms with van der Waals surface area (Å²) in [5, 5.41) is 12.2. The topological polar surface area (TPSA) is 69.0 Å². The number of carbonyl (C=O) groups is 1. The average molecular weight is 449 g/mol. The van der Waals surface area contributed by atoms with E-state index in [4.69, 9.17) is 16.3 Å². The lowest BCUT2D eigenvalue weighted by molar-refractivity contribution is -0.115. The number of amides is 1. The molecule has 0 saturated heterocycles. The maximum absolute atomic E-state index is 13.4. The van der Waals surface area contributed by atoms with Crippen LogP contribution in [0.15, 0.2) is 53.7 Å². The number of aromatic nitrogens is 3. The Hall–Kier alpha value is -2.42. The van der Waals surface area contributed by atoms with Gasteiger partial charge in [0.1, 0.15) is 5.82 Å². The number of nitrogens with zero attached hydrogens (tertiary/aromatic N) is 3. The Bertz CT molecular complexity index is 997. The number of ether oxygens (including phenoxy) is 1. The van der Waals surface area contributed by atoms with Gasteiger partial charge in [-0.2, -0.15) is 0 Å². The van der Waals surface area contributed by atoms with E-state index in [9.17, 15) is 9.18 Å². The fourth-order valence-corrected chi connectivity index (χ4v) is 3.78. The molecule has 0 saturated carbocycles. The molecule has 6 nitrogen and oxygen atoms in total. The van der Waals surface area contributed by atoms with E-state index in [1.807, 2.05) is 16.7 Å². The molecule has 30 heavy (non-hydrogen) atoms. The first-order chi connectivity index (χ1) is 14.5. The fourth-order valence-electron chi connectivity index (χ4n) is 2.78. The summed E-state index contributed by atoms with van der Waals surface area (Å²) in [6.07, 6.45) is 0.770. The van der Waals surface area contributed by atoms with E-state index in [1.165, 1.54) is 23.9 Å². The number of nitrogens with one attached hydrogen (secondary N) is 1. The Morgan fingerprint density at radius 1 is 1.27 bits per heavy atom. The molecule has 3 rings (SSSR count). The molecule has 0 fully saturated rings. The Kier molecular flexibility index (Phi) is 7.84. The van der Waals surface area contributed by atoms with Crippen LogP contribution in [0, 0.1) is 5.82 Å². The minimum Gasteiger partial charge on any atom is -0.385 e. The van der Waals surface area contributed by atoms with Crippen molar-refractivity contribution in [2.45, 2.75) is 30.3 Å². The van der Waals surface area contributed by atoms with Gasteiger partial charge in [-0.05, 0) is 55.8 Å². The highest BCUT2D eigenvalue weighted by molar-refractivity contribution is 8.00. The Labute approximate surface area is 183 Å². The van der Waals surface area contributed by atoms with Crippen LogP contribution in [0.2, 0.25) is 5.02 Å². The molecule has 0 aliphatic rings. The van der Waals surface area contributed by atoms with Crippen molar-refractivity contribution in [3.8, 4) is 11.4 Å². The van der Waals surface area contributed by atoms with Gasteiger partial charge in [0.05, 0.1) is 5.25 Å². The monoisotopic (exact) mass is 448 g/mol. The highest BCUT2D eigenvalue weighted by Crippen LogP contribution is 2.28. The quantitative estimate of drug-likeness (QED) is 0.372. The molecule has 158 valence electrons. The maximum Gasteiger partial charge on any atom is 0.237 e. The van der Waals surface area contributed by atoms with Gasteiger partial charge >= 0.3 is 0 Å². The zero-order valence-electron chi connectivity index (χ0n) is 16.6. The Balaban J connectivity index is 1.78. The van der Waals surface area contributed by atoms with Gasteiger partial charge in [-0.25, -0.2) is 4.39 Å². The molecule has 0 aliphatic heterocycles. The van der Waals surface area contributed by atoms with Crippen LogP contribution in [0.4, 0.5) is 10.1 Å². The molecule has 0 aliphatic carbocycles. The summed E-state index contributed by atoms with van der Waals surface area (Å²) >= 11 is 7.29. The molecule has 1 atom stereocenters. The molecular weight excluding hydrogens is 427 g/mol. The van der Waals surface area contributed by atoms with Crippen molar-refractivity contribution in [3.63, 3.8) is 0 Å². The average Bonchev–Trinajstić information content (AvgIpc) is 3.11. The fraction of sp³-hybridized carbons (Fsp3) is 0.286. The van der Waals surface area contributed by atoms with E-state index in [0.29, 0.717) is 34.8 Å². The molecule has 0 spiro atoms. The summed E-state index contributed by atoms with van der Waals surface area (Å²) in [6, 6.07) is 13.2. The van der Waals surface area contributed by atoms with Crippen molar-refractivity contribution < 1.29 is 13.9 Å². The van der Waals surface area contributed by atoms with Crippen LogP contribution in [-0.2, 0) is 16.1 Å². The van der Waals surface area contributed by atoms with Gasteiger partial charge in [0.25, 0.3) is 0 Å². The van der Waals surface area contributed by atoms with E-state index >= 15 is 0 Å². The van der Waals surface area contributed by atoms with Gasteiger partial charge in [-0.3, -0.25) is 4.79 Å². The number of carbonyl (C=O) groups excluding carboxylic acids is 1. The third-order valence-electron chi connectivity index (χ3n) is 4.29. The number of thioether (sulfide) groups is 1. The minimum absolute atomic E-state index is 0.245. The zero-order valence-corrected chi connectivity index (χ0v) is 18.2. The number of rotatable bonds is 9. The predicted molar refractivity (Wildman–Crippen MR) is 117 cm³/mol. The highest BCUT2D eigenvalue weighted by Gasteiger charge is 2.21. The maximum atomic E-state index is 13.4. The number of methoxy groups -OCH3 is 1. The molecule has 9 heteroatoms. The molecule has 1 amide bonds. The lowest BCUT2D eigenvalue weighted by atomic mass is 10.2. The van der Waals surface area contributed by atoms with E-state index in [-0.39, 0.29) is 5.91 Å². The van der Waals surface area contributed by atoms with Gasteiger partial charge in [-0.15, -0.1) is 10.2 Å². The molecule has 1 N–H and O–H groups in total. The summed E-state index contributed by atoms with van der Waals surface area (Å²) in [5.74, 6) is 0.0479. The van der Waals surface area contributed by atoms with Gasteiger partial charge in [0, 0.05) is 36.5 Å². The SMILES string of the molecule is COCCCn1c(S[C@@H](C)C(=O)Nc2cccc(F)c2)nnc1-c1ccc(Cl)cc1. The van der Waals surface area contributed by atoms with Crippen LogP contribution in [0.3, 0.4) is 0 Å². The van der Waals surface area contributed by atoms with Crippen LogP contribution < -0.4 is 5.32 Å². The standard InChI is InChI=1S/C21H22ClFN4O2S/c1-14(20(28)24-18-6-3-5-17(23)13-18)30-21-26-25-19(27(21)11-4-12-29-2)15-7-9-16(22)10-8-15/h3,5-10,13-14H,4,11-12H2,1-2H3,(H,24,28)/t14-/m0/s1. The predicted octanol–water partition coefficient (Wildman–Crippen LogP) is 4.89. The van der Waals surface area contributed by atoms with Crippen LogP contribution >= 0.6 is 23.4 Å². The van der Waals surface area contributed by atoms with Crippen molar-refractivity contribution in [3.05, 3.63) is 59.4 Å². The summed E-state index contributed by atoms with van der Waals surface area (Å²) < 4.78 is 20.5. The van der Waals surface area contributed by atoms with Crippen molar-refractivity contribution >= 4 is 35.0 Å². The van der Waals surface area contributed by atoms with Gasteiger partial charge in [0.15, 0.2) is 11.0 Å². The Morgan fingerprint density at radius 3 is 2.73 bits per heavy atom. The largest absolute Gasteiger partial charge is 0.385 e. The van der Waals surface area contributed by atoms with Crippen LogP contribution in [-0.4, -0.2) is 39.6 Å². The number of hydrogen-bond acceptors (Lipinski definition) is 5. The highest BCUT2D eigenvalue weighted by atomic mass is 35.5. The van der Waals surface area contributed by atoms with Gasteiger partial charge in [-0.1, -0.05) is 29.4 Å². The second kappa shape index (κ2) is 10.6. The molecular formula is C21H22ClFN4O2S. The van der Waals surface area contributed by atoms with Crippen molar-refractivity contribution in [1.82, 2.24) is 14.8 Å². The first-order valence-electron chi connectivity index (χ1n) is 9.39. The van der Waals surface area contributed by atoms with Crippen molar-refractivity contribution in [2.24, 2.45) is 0 Å².